The number of pyridine rings is 2. The zero-order valence-corrected chi connectivity index (χ0v) is 29.0. The highest BCUT2D eigenvalue weighted by atomic mass is 35.5. The molecule has 0 unspecified atom stereocenters. The summed E-state index contributed by atoms with van der Waals surface area (Å²) < 4.78 is 5.78. The van der Waals surface area contributed by atoms with Crippen LogP contribution >= 0.6 is 11.6 Å². The molecule has 2 fully saturated rings. The Balaban J connectivity index is 1.15. The SMILES string of the molecule is COc1cc(-c2nccc(-c3cccc(NC(=O)c4ccc(CN5CC[C@H](O)C5)cn4)c3C)c2Cl)ccc1CNC1CCN(C(C)=O)CC1. The van der Waals surface area contributed by atoms with E-state index in [2.05, 4.69) is 25.5 Å². The number of amides is 2. The van der Waals surface area contributed by atoms with E-state index in [1.54, 1.807) is 32.5 Å². The summed E-state index contributed by atoms with van der Waals surface area (Å²) >= 11 is 7.06. The molecule has 256 valence electrons. The number of methoxy groups -OCH3 is 1. The molecule has 0 saturated carbocycles. The molecular formula is C38H43ClN6O4. The van der Waals surface area contributed by atoms with E-state index in [4.69, 9.17) is 16.3 Å². The van der Waals surface area contributed by atoms with Gasteiger partial charge >= 0.3 is 0 Å². The molecule has 2 aromatic heterocycles. The van der Waals surface area contributed by atoms with Gasteiger partial charge in [0, 0.05) is 87.0 Å². The number of hydrogen-bond donors (Lipinski definition) is 3. The summed E-state index contributed by atoms with van der Waals surface area (Å²) in [5, 5.41) is 16.9. The van der Waals surface area contributed by atoms with E-state index >= 15 is 0 Å². The molecule has 0 spiro atoms. The molecule has 1 atom stereocenters. The largest absolute Gasteiger partial charge is 0.496 e. The maximum Gasteiger partial charge on any atom is 0.274 e. The van der Waals surface area contributed by atoms with Gasteiger partial charge in [-0.3, -0.25) is 24.5 Å². The molecule has 10 nitrogen and oxygen atoms in total. The molecule has 49 heavy (non-hydrogen) atoms. The van der Waals surface area contributed by atoms with Crippen molar-refractivity contribution in [1.82, 2.24) is 25.1 Å². The van der Waals surface area contributed by atoms with E-state index < -0.39 is 0 Å². The van der Waals surface area contributed by atoms with Crippen molar-refractivity contribution in [3.05, 3.63) is 94.4 Å². The Morgan fingerprint density at radius 2 is 1.84 bits per heavy atom. The fraction of sp³-hybridized carbons (Fsp3) is 0.368. The van der Waals surface area contributed by atoms with E-state index in [1.165, 1.54) is 0 Å². The number of carbonyl (C=O) groups is 2. The van der Waals surface area contributed by atoms with Crippen molar-refractivity contribution in [2.24, 2.45) is 0 Å². The Morgan fingerprint density at radius 3 is 2.53 bits per heavy atom. The monoisotopic (exact) mass is 682 g/mol. The minimum Gasteiger partial charge on any atom is -0.496 e. The normalized spacial score (nSPS) is 16.9. The quantitative estimate of drug-likeness (QED) is 0.195. The Hall–Kier alpha value is -4.35. The number of aliphatic hydroxyl groups excluding tert-OH is 1. The number of aromatic nitrogens is 2. The maximum absolute atomic E-state index is 13.2. The number of aliphatic hydroxyl groups is 1. The molecule has 4 aromatic rings. The van der Waals surface area contributed by atoms with Crippen LogP contribution in [-0.2, 0) is 17.9 Å². The molecule has 0 aliphatic carbocycles. The van der Waals surface area contributed by atoms with Gasteiger partial charge in [-0.2, -0.15) is 0 Å². The van der Waals surface area contributed by atoms with Crippen LogP contribution in [0, 0.1) is 6.92 Å². The van der Waals surface area contributed by atoms with Crippen LogP contribution in [0.2, 0.25) is 5.02 Å². The Bertz CT molecular complexity index is 1810. The minimum absolute atomic E-state index is 0.132. The number of nitrogens with one attached hydrogen (secondary N) is 2. The number of piperidine rings is 1. The average Bonchev–Trinajstić information content (AvgIpc) is 3.52. The van der Waals surface area contributed by atoms with Crippen molar-refractivity contribution >= 4 is 29.1 Å². The van der Waals surface area contributed by atoms with Crippen LogP contribution in [0.15, 0.2) is 67.0 Å². The van der Waals surface area contributed by atoms with Gasteiger partial charge in [-0.15, -0.1) is 0 Å². The summed E-state index contributed by atoms with van der Waals surface area (Å²) in [6.07, 6.45) is 5.82. The van der Waals surface area contributed by atoms with Gasteiger partial charge in [0.05, 0.1) is 23.9 Å². The third-order valence-corrected chi connectivity index (χ3v) is 9.94. The van der Waals surface area contributed by atoms with Crippen LogP contribution in [0.25, 0.3) is 22.4 Å². The second-order valence-corrected chi connectivity index (χ2v) is 13.2. The van der Waals surface area contributed by atoms with Crippen LogP contribution in [0.4, 0.5) is 5.69 Å². The lowest BCUT2D eigenvalue weighted by molar-refractivity contribution is -0.129. The lowest BCUT2D eigenvalue weighted by atomic mass is 9.97. The summed E-state index contributed by atoms with van der Waals surface area (Å²) in [4.78, 5) is 38.0. The van der Waals surface area contributed by atoms with Gasteiger partial charge in [0.1, 0.15) is 11.4 Å². The number of β-amino-alcohol motifs (C(OH)–C–C–N with tert-alkyl or cyclic N) is 1. The first-order valence-electron chi connectivity index (χ1n) is 16.8. The van der Waals surface area contributed by atoms with E-state index in [9.17, 15) is 14.7 Å². The second-order valence-electron chi connectivity index (χ2n) is 12.9. The van der Waals surface area contributed by atoms with Crippen molar-refractivity contribution in [1.29, 1.82) is 0 Å². The molecule has 2 aromatic carbocycles. The zero-order valence-electron chi connectivity index (χ0n) is 28.2. The summed E-state index contributed by atoms with van der Waals surface area (Å²) in [6, 6.07) is 17.6. The van der Waals surface area contributed by atoms with Crippen molar-refractivity contribution in [2.75, 3.05) is 38.6 Å². The third-order valence-electron chi connectivity index (χ3n) is 9.55. The molecule has 6 rings (SSSR count). The first-order chi connectivity index (χ1) is 23.7. The van der Waals surface area contributed by atoms with E-state index in [1.807, 2.05) is 60.4 Å². The first kappa shape index (κ1) is 34.5. The predicted molar refractivity (Wildman–Crippen MR) is 192 cm³/mol. The van der Waals surface area contributed by atoms with Crippen molar-refractivity contribution in [2.45, 2.75) is 58.3 Å². The van der Waals surface area contributed by atoms with Gasteiger partial charge in [0.25, 0.3) is 5.91 Å². The van der Waals surface area contributed by atoms with E-state index in [-0.39, 0.29) is 17.9 Å². The fourth-order valence-electron chi connectivity index (χ4n) is 6.66. The second kappa shape index (κ2) is 15.5. The highest BCUT2D eigenvalue weighted by Gasteiger charge is 2.22. The Labute approximate surface area is 292 Å². The van der Waals surface area contributed by atoms with E-state index in [0.29, 0.717) is 47.8 Å². The predicted octanol–water partition coefficient (Wildman–Crippen LogP) is 5.70. The topological polar surface area (TPSA) is 120 Å². The molecule has 3 N–H and O–H groups in total. The lowest BCUT2D eigenvalue weighted by Crippen LogP contribution is -2.43. The highest BCUT2D eigenvalue weighted by Crippen LogP contribution is 2.39. The van der Waals surface area contributed by atoms with Crippen LogP contribution in [0.3, 0.4) is 0 Å². The number of carbonyl (C=O) groups excluding carboxylic acids is 2. The number of rotatable bonds is 10. The number of likely N-dealkylation sites (tertiary alicyclic amines) is 2. The molecule has 2 amide bonds. The number of ether oxygens (including phenoxy) is 1. The van der Waals surface area contributed by atoms with Gasteiger partial charge < -0.3 is 25.4 Å². The molecule has 2 saturated heterocycles. The summed E-state index contributed by atoms with van der Waals surface area (Å²) in [7, 11) is 1.66. The van der Waals surface area contributed by atoms with Crippen molar-refractivity contribution in [3.8, 4) is 28.1 Å². The van der Waals surface area contributed by atoms with Crippen LogP contribution in [-0.4, -0.2) is 82.1 Å². The number of benzene rings is 2. The molecule has 0 bridgehead atoms. The number of anilines is 1. The maximum atomic E-state index is 13.2. The third kappa shape index (κ3) is 8.11. The smallest absolute Gasteiger partial charge is 0.274 e. The van der Waals surface area contributed by atoms with Crippen molar-refractivity contribution in [3.63, 3.8) is 0 Å². The fourth-order valence-corrected chi connectivity index (χ4v) is 6.98. The number of halogens is 1. The van der Waals surface area contributed by atoms with Crippen LogP contribution in [0.1, 0.15) is 53.4 Å². The van der Waals surface area contributed by atoms with Gasteiger partial charge in [-0.1, -0.05) is 41.9 Å². The van der Waals surface area contributed by atoms with Gasteiger partial charge in [0.15, 0.2) is 0 Å². The van der Waals surface area contributed by atoms with E-state index in [0.717, 1.165) is 78.0 Å². The molecule has 11 heteroatoms. The van der Waals surface area contributed by atoms with Gasteiger partial charge in [0.2, 0.25) is 5.91 Å². The van der Waals surface area contributed by atoms with Crippen LogP contribution in [0.5, 0.6) is 5.75 Å². The molecular weight excluding hydrogens is 640 g/mol. The van der Waals surface area contributed by atoms with Crippen LogP contribution < -0.4 is 15.4 Å². The summed E-state index contributed by atoms with van der Waals surface area (Å²) in [5.41, 5.74) is 7.04. The Kier molecular flexibility index (Phi) is 10.9. The first-order valence-corrected chi connectivity index (χ1v) is 17.1. The van der Waals surface area contributed by atoms with Gasteiger partial charge in [-0.05, 0) is 67.1 Å². The zero-order chi connectivity index (χ0) is 34.5. The highest BCUT2D eigenvalue weighted by molar-refractivity contribution is 6.35. The summed E-state index contributed by atoms with van der Waals surface area (Å²) in [5.74, 6) is 0.577. The number of hydrogen-bond acceptors (Lipinski definition) is 8. The molecule has 4 heterocycles. The van der Waals surface area contributed by atoms with Gasteiger partial charge in [-0.25, -0.2) is 0 Å². The molecule has 2 aliphatic heterocycles. The standard InChI is InChI=1S/C38H43ClN6O4/c1-24-31(5-4-6-33(24)43-38(48)34-10-7-26(20-42-34)22-44-16-14-30(47)23-44)32-11-15-40-37(36(32)39)27-8-9-28(35(19-27)49-3)21-41-29-12-17-45(18-13-29)25(2)46/h4-11,15,19-20,29-30,41,47H,12-14,16-18,21-23H2,1-3H3,(H,43,48)/t30-/m0/s1. The minimum atomic E-state index is -0.298. The molecule has 2 aliphatic rings. The molecule has 0 radical (unpaired) electrons. The van der Waals surface area contributed by atoms with Crippen molar-refractivity contribution < 1.29 is 19.4 Å². The average molecular weight is 683 g/mol. The number of nitrogens with zero attached hydrogens (tertiary/aromatic N) is 4. The summed E-state index contributed by atoms with van der Waals surface area (Å²) in [6.45, 7) is 7.98. The Morgan fingerprint density at radius 1 is 1.02 bits per heavy atom. The lowest BCUT2D eigenvalue weighted by Gasteiger charge is -2.32.